The van der Waals surface area contributed by atoms with Crippen LogP contribution in [0.5, 0.6) is 5.75 Å². The molecule has 0 unspecified atom stereocenters. The molecule has 0 N–H and O–H groups in total. The van der Waals surface area contributed by atoms with Crippen LogP contribution in [0.15, 0.2) is 18.2 Å². The van der Waals surface area contributed by atoms with E-state index in [1.54, 1.807) is 6.07 Å². The predicted molar refractivity (Wildman–Crippen MR) is 63.2 cm³/mol. The van der Waals surface area contributed by atoms with Gasteiger partial charge in [0.2, 0.25) is 0 Å². The lowest BCUT2D eigenvalue weighted by Crippen LogP contribution is -2.06. The zero-order chi connectivity index (χ0) is 13.5. The van der Waals surface area contributed by atoms with Gasteiger partial charge in [-0.05, 0) is 18.2 Å². The molecular formula is C12H13NO5. The molecule has 0 aliphatic heterocycles. The van der Waals surface area contributed by atoms with E-state index < -0.39 is 11.9 Å². The monoisotopic (exact) mass is 251 g/mol. The normalized spacial score (nSPS) is 10.2. The number of pyridine rings is 1. The van der Waals surface area contributed by atoms with Crippen molar-refractivity contribution in [3.63, 3.8) is 0 Å². The molecule has 0 radical (unpaired) electrons. The van der Waals surface area contributed by atoms with Crippen molar-refractivity contribution in [3.8, 4) is 5.75 Å². The maximum absolute atomic E-state index is 11.3. The summed E-state index contributed by atoms with van der Waals surface area (Å²) in [4.78, 5) is 26.3. The average molecular weight is 251 g/mol. The molecule has 0 bridgehead atoms. The van der Waals surface area contributed by atoms with Crippen LogP contribution in [0.2, 0.25) is 0 Å². The average Bonchev–Trinajstić information content (AvgIpc) is 2.43. The zero-order valence-corrected chi connectivity index (χ0v) is 10.3. The van der Waals surface area contributed by atoms with E-state index >= 15 is 0 Å². The third-order valence-electron chi connectivity index (χ3n) is 2.08. The van der Waals surface area contributed by atoms with Crippen molar-refractivity contribution in [2.24, 2.45) is 0 Å². The van der Waals surface area contributed by atoms with E-state index in [0.29, 0.717) is 11.4 Å². The van der Waals surface area contributed by atoms with E-state index in [9.17, 15) is 9.59 Å². The number of methoxy groups -OCH3 is 3. The number of aromatic nitrogens is 1. The molecule has 6 nitrogen and oxygen atoms in total. The number of esters is 2. The number of nitrogens with zero attached hydrogens (tertiary/aromatic N) is 1. The minimum absolute atomic E-state index is 0.128. The van der Waals surface area contributed by atoms with Crippen molar-refractivity contribution in [1.29, 1.82) is 0 Å². The van der Waals surface area contributed by atoms with Crippen LogP contribution in [0.3, 0.4) is 0 Å². The summed E-state index contributed by atoms with van der Waals surface area (Å²) in [6.07, 6.45) is 2.59. The van der Waals surface area contributed by atoms with E-state index in [4.69, 9.17) is 4.74 Å². The van der Waals surface area contributed by atoms with Gasteiger partial charge in [-0.3, -0.25) is 0 Å². The fourth-order valence-corrected chi connectivity index (χ4v) is 1.19. The first kappa shape index (κ1) is 13.7. The maximum Gasteiger partial charge on any atom is 0.356 e. The minimum atomic E-state index is -0.564. The summed E-state index contributed by atoms with van der Waals surface area (Å²) in [6.45, 7) is 0. The first-order chi connectivity index (χ1) is 8.62. The summed E-state index contributed by atoms with van der Waals surface area (Å²) >= 11 is 0. The molecule has 0 spiro atoms. The van der Waals surface area contributed by atoms with Gasteiger partial charge in [-0.1, -0.05) is 0 Å². The lowest BCUT2D eigenvalue weighted by atomic mass is 10.2. The topological polar surface area (TPSA) is 74.7 Å². The van der Waals surface area contributed by atoms with E-state index in [0.717, 1.165) is 0 Å². The van der Waals surface area contributed by atoms with Crippen molar-refractivity contribution in [3.05, 3.63) is 29.6 Å². The standard InChI is InChI=1S/C12H13NO5/c1-16-10-6-4-9(12(15)18-3)13-8(10)5-7-11(14)17-2/h4-7H,1-3H3/b7-5+. The van der Waals surface area contributed by atoms with Gasteiger partial charge < -0.3 is 14.2 Å². The molecule has 0 atom stereocenters. The van der Waals surface area contributed by atoms with Gasteiger partial charge in [0.05, 0.1) is 21.3 Å². The Balaban J connectivity index is 3.10. The third-order valence-corrected chi connectivity index (χ3v) is 2.08. The van der Waals surface area contributed by atoms with E-state index in [-0.39, 0.29) is 5.69 Å². The van der Waals surface area contributed by atoms with Gasteiger partial charge in [-0.15, -0.1) is 0 Å². The van der Waals surface area contributed by atoms with Crippen LogP contribution < -0.4 is 4.74 Å². The zero-order valence-electron chi connectivity index (χ0n) is 10.3. The molecule has 0 saturated heterocycles. The summed E-state index contributed by atoms with van der Waals surface area (Å²) in [5.74, 6) is -0.657. The Labute approximate surface area is 104 Å². The smallest absolute Gasteiger partial charge is 0.356 e. The molecule has 1 rings (SSSR count). The van der Waals surface area contributed by atoms with Crippen LogP contribution in [-0.2, 0) is 14.3 Å². The number of hydrogen-bond donors (Lipinski definition) is 0. The highest BCUT2D eigenvalue weighted by Crippen LogP contribution is 2.18. The molecule has 6 heteroatoms. The number of carbonyl (C=O) groups is 2. The van der Waals surface area contributed by atoms with Crippen molar-refractivity contribution >= 4 is 18.0 Å². The number of carbonyl (C=O) groups excluding carboxylic acids is 2. The second-order valence-corrected chi connectivity index (χ2v) is 3.13. The summed E-state index contributed by atoms with van der Waals surface area (Å²) in [5, 5.41) is 0. The van der Waals surface area contributed by atoms with E-state index in [1.807, 2.05) is 0 Å². The third kappa shape index (κ3) is 3.31. The second-order valence-electron chi connectivity index (χ2n) is 3.13. The lowest BCUT2D eigenvalue weighted by molar-refractivity contribution is -0.134. The van der Waals surface area contributed by atoms with Crippen LogP contribution in [-0.4, -0.2) is 38.3 Å². The van der Waals surface area contributed by atoms with E-state index in [1.165, 1.54) is 39.5 Å². The highest BCUT2D eigenvalue weighted by molar-refractivity contribution is 5.89. The number of rotatable bonds is 4. The van der Waals surface area contributed by atoms with Crippen LogP contribution in [0, 0.1) is 0 Å². The predicted octanol–water partition coefficient (Wildman–Crippen LogP) is 1.06. The number of ether oxygens (including phenoxy) is 3. The molecule has 0 aliphatic carbocycles. The summed E-state index contributed by atoms with van der Waals surface area (Å²) in [7, 11) is 3.99. The van der Waals surface area contributed by atoms with Crippen molar-refractivity contribution in [2.45, 2.75) is 0 Å². The molecule has 1 aromatic heterocycles. The molecule has 0 amide bonds. The van der Waals surface area contributed by atoms with Gasteiger partial charge in [0.1, 0.15) is 17.1 Å². The van der Waals surface area contributed by atoms with Crippen molar-refractivity contribution < 1.29 is 23.8 Å². The number of hydrogen-bond acceptors (Lipinski definition) is 6. The quantitative estimate of drug-likeness (QED) is 0.588. The molecule has 1 aromatic rings. The van der Waals surface area contributed by atoms with E-state index in [2.05, 4.69) is 14.5 Å². The first-order valence-electron chi connectivity index (χ1n) is 5.01. The van der Waals surface area contributed by atoms with Crippen LogP contribution in [0.4, 0.5) is 0 Å². The Bertz CT molecular complexity index is 481. The van der Waals surface area contributed by atoms with Gasteiger partial charge in [0.15, 0.2) is 0 Å². The van der Waals surface area contributed by atoms with Crippen molar-refractivity contribution in [1.82, 2.24) is 4.98 Å². The molecule has 0 saturated carbocycles. The van der Waals surface area contributed by atoms with Crippen molar-refractivity contribution in [2.75, 3.05) is 21.3 Å². The second kappa shape index (κ2) is 6.39. The SMILES string of the molecule is COC(=O)/C=C/c1nc(C(=O)OC)ccc1OC. The van der Waals surface area contributed by atoms with Gasteiger partial charge >= 0.3 is 11.9 Å². The van der Waals surface area contributed by atoms with Gasteiger partial charge in [-0.25, -0.2) is 14.6 Å². The Morgan fingerprint density at radius 3 is 2.44 bits per heavy atom. The molecule has 96 valence electrons. The molecular weight excluding hydrogens is 238 g/mol. The van der Waals surface area contributed by atoms with Crippen LogP contribution in [0.1, 0.15) is 16.2 Å². The largest absolute Gasteiger partial charge is 0.494 e. The summed E-state index contributed by atoms with van der Waals surface area (Å²) < 4.78 is 14.1. The Morgan fingerprint density at radius 2 is 1.89 bits per heavy atom. The van der Waals surface area contributed by atoms with Gasteiger partial charge in [-0.2, -0.15) is 0 Å². The summed E-state index contributed by atoms with van der Waals surface area (Å²) in [5.41, 5.74) is 0.466. The Hall–Kier alpha value is -2.37. The summed E-state index contributed by atoms with van der Waals surface area (Å²) in [6, 6.07) is 3.04. The Kier molecular flexibility index (Phi) is 4.86. The highest BCUT2D eigenvalue weighted by Gasteiger charge is 2.10. The molecule has 0 aromatic carbocycles. The maximum atomic E-state index is 11.3. The molecule has 0 fully saturated rings. The van der Waals surface area contributed by atoms with Gasteiger partial charge in [0, 0.05) is 6.08 Å². The lowest BCUT2D eigenvalue weighted by Gasteiger charge is -2.05. The fraction of sp³-hybridized carbons (Fsp3) is 0.250. The Morgan fingerprint density at radius 1 is 1.17 bits per heavy atom. The molecule has 0 aliphatic rings. The fourth-order valence-electron chi connectivity index (χ4n) is 1.19. The minimum Gasteiger partial charge on any atom is -0.494 e. The molecule has 18 heavy (non-hydrogen) atoms. The van der Waals surface area contributed by atoms with Crippen LogP contribution in [0.25, 0.3) is 6.08 Å². The van der Waals surface area contributed by atoms with Gasteiger partial charge in [0.25, 0.3) is 0 Å². The first-order valence-corrected chi connectivity index (χ1v) is 5.01. The van der Waals surface area contributed by atoms with Crippen LogP contribution >= 0.6 is 0 Å². The highest BCUT2D eigenvalue weighted by atomic mass is 16.5. The molecule has 1 heterocycles.